The Kier molecular flexibility index (Phi) is 4.85. The fourth-order valence-electron chi connectivity index (χ4n) is 2.30. The monoisotopic (exact) mass is 380 g/mol. The number of aryl methyl sites for hydroxylation is 1. The second-order valence-corrected chi connectivity index (χ2v) is 7.46. The Hall–Kier alpha value is -2.29. The van der Waals surface area contributed by atoms with Gasteiger partial charge >= 0.3 is 0 Å². The Morgan fingerprint density at radius 2 is 1.92 bits per heavy atom. The van der Waals surface area contributed by atoms with Crippen LogP contribution in [0.2, 0.25) is 5.02 Å². The normalized spacial score (nSPS) is 11.6. The van der Waals surface area contributed by atoms with Gasteiger partial charge in [-0.15, -0.1) is 0 Å². The standard InChI is InChI=1S/C16H14ClFN4O2S/c1-22-16(11-4-6-19-7-5-11)8-12(21-22)10-20-25(23,24)13-2-3-15(18)14(17)9-13/h2-9,20H,10H2,1H3. The molecule has 2 heterocycles. The van der Waals surface area contributed by atoms with E-state index >= 15 is 0 Å². The molecular formula is C16H14ClFN4O2S. The average Bonchev–Trinajstić information content (AvgIpc) is 2.97. The van der Waals surface area contributed by atoms with Crippen LogP contribution in [0.4, 0.5) is 4.39 Å². The fraction of sp³-hybridized carbons (Fsp3) is 0.125. The van der Waals surface area contributed by atoms with E-state index in [9.17, 15) is 12.8 Å². The molecule has 0 saturated carbocycles. The summed E-state index contributed by atoms with van der Waals surface area (Å²) in [6, 6.07) is 8.70. The molecule has 0 fully saturated rings. The van der Waals surface area contributed by atoms with E-state index in [2.05, 4.69) is 14.8 Å². The number of benzene rings is 1. The Morgan fingerprint density at radius 1 is 1.20 bits per heavy atom. The lowest BCUT2D eigenvalue weighted by molar-refractivity contribution is 0.578. The van der Waals surface area contributed by atoms with Gasteiger partial charge in [-0.05, 0) is 36.4 Å². The van der Waals surface area contributed by atoms with Crippen LogP contribution in [0.15, 0.2) is 53.7 Å². The van der Waals surface area contributed by atoms with Gasteiger partial charge in [0.25, 0.3) is 0 Å². The summed E-state index contributed by atoms with van der Waals surface area (Å²) in [5.74, 6) is -0.674. The highest BCUT2D eigenvalue weighted by atomic mass is 35.5. The molecule has 0 amide bonds. The summed E-state index contributed by atoms with van der Waals surface area (Å²) in [4.78, 5) is 3.86. The number of hydrogen-bond acceptors (Lipinski definition) is 4. The van der Waals surface area contributed by atoms with Crippen LogP contribution in [0, 0.1) is 5.82 Å². The first kappa shape index (κ1) is 17.5. The maximum atomic E-state index is 13.2. The lowest BCUT2D eigenvalue weighted by Gasteiger charge is -2.06. The highest BCUT2D eigenvalue weighted by molar-refractivity contribution is 7.89. The van der Waals surface area contributed by atoms with Gasteiger partial charge < -0.3 is 0 Å². The molecular weight excluding hydrogens is 367 g/mol. The van der Waals surface area contributed by atoms with E-state index in [0.29, 0.717) is 5.69 Å². The molecule has 0 radical (unpaired) electrons. The van der Waals surface area contributed by atoms with Gasteiger partial charge in [-0.3, -0.25) is 9.67 Å². The molecule has 0 unspecified atom stereocenters. The zero-order chi connectivity index (χ0) is 18.0. The van der Waals surface area contributed by atoms with E-state index < -0.39 is 15.8 Å². The molecule has 1 aromatic carbocycles. The minimum atomic E-state index is -3.83. The predicted molar refractivity (Wildman–Crippen MR) is 91.9 cm³/mol. The average molecular weight is 381 g/mol. The molecule has 0 atom stereocenters. The molecule has 9 heteroatoms. The van der Waals surface area contributed by atoms with Gasteiger partial charge in [0.15, 0.2) is 0 Å². The van der Waals surface area contributed by atoms with Crippen molar-refractivity contribution in [2.75, 3.05) is 0 Å². The lowest BCUT2D eigenvalue weighted by Crippen LogP contribution is -2.23. The van der Waals surface area contributed by atoms with E-state index in [0.717, 1.165) is 29.5 Å². The maximum Gasteiger partial charge on any atom is 0.240 e. The molecule has 0 saturated heterocycles. The number of hydrogen-bond donors (Lipinski definition) is 1. The van der Waals surface area contributed by atoms with Gasteiger partial charge in [0.2, 0.25) is 10.0 Å². The van der Waals surface area contributed by atoms with E-state index in [1.54, 1.807) is 30.2 Å². The Labute approximate surface area is 149 Å². The van der Waals surface area contributed by atoms with Gasteiger partial charge in [-0.1, -0.05) is 11.6 Å². The molecule has 130 valence electrons. The second kappa shape index (κ2) is 6.91. The van der Waals surface area contributed by atoms with Crippen molar-refractivity contribution in [3.8, 4) is 11.3 Å². The fourth-order valence-corrected chi connectivity index (χ4v) is 3.57. The SMILES string of the molecule is Cn1nc(CNS(=O)(=O)c2ccc(F)c(Cl)c2)cc1-c1ccncc1. The van der Waals surface area contributed by atoms with Crippen LogP contribution in [0.3, 0.4) is 0 Å². The minimum Gasteiger partial charge on any atom is -0.268 e. The molecule has 1 N–H and O–H groups in total. The third-order valence-corrected chi connectivity index (χ3v) is 5.24. The van der Waals surface area contributed by atoms with Crippen molar-refractivity contribution in [3.63, 3.8) is 0 Å². The third kappa shape index (κ3) is 3.87. The first-order valence-corrected chi connectivity index (χ1v) is 9.11. The van der Waals surface area contributed by atoms with Crippen molar-refractivity contribution in [1.29, 1.82) is 0 Å². The van der Waals surface area contributed by atoms with Crippen LogP contribution in [0.25, 0.3) is 11.3 Å². The zero-order valence-electron chi connectivity index (χ0n) is 13.1. The summed E-state index contributed by atoms with van der Waals surface area (Å²) < 4.78 is 41.9. The molecule has 0 aliphatic rings. The number of halogens is 2. The summed E-state index contributed by atoms with van der Waals surface area (Å²) >= 11 is 5.64. The van der Waals surface area contributed by atoms with Gasteiger partial charge in [0, 0.05) is 25.0 Å². The summed E-state index contributed by atoms with van der Waals surface area (Å²) in [5.41, 5.74) is 2.30. The quantitative estimate of drug-likeness (QED) is 0.738. The Bertz CT molecular complexity index is 1010. The molecule has 0 aliphatic carbocycles. The van der Waals surface area contributed by atoms with Crippen LogP contribution < -0.4 is 4.72 Å². The number of nitrogens with zero attached hydrogens (tertiary/aromatic N) is 3. The van der Waals surface area contributed by atoms with Crippen LogP contribution in [-0.4, -0.2) is 23.2 Å². The van der Waals surface area contributed by atoms with Crippen molar-refractivity contribution >= 4 is 21.6 Å². The van der Waals surface area contributed by atoms with E-state index in [-0.39, 0.29) is 16.5 Å². The first-order valence-electron chi connectivity index (χ1n) is 7.25. The summed E-state index contributed by atoms with van der Waals surface area (Å²) in [7, 11) is -2.05. The van der Waals surface area contributed by atoms with Crippen LogP contribution in [0.1, 0.15) is 5.69 Å². The number of rotatable bonds is 5. The number of nitrogens with one attached hydrogen (secondary N) is 1. The molecule has 0 bridgehead atoms. The molecule has 2 aromatic heterocycles. The maximum absolute atomic E-state index is 13.2. The Morgan fingerprint density at radius 3 is 2.60 bits per heavy atom. The number of pyridine rings is 1. The third-order valence-electron chi connectivity index (χ3n) is 3.55. The van der Waals surface area contributed by atoms with Crippen molar-refractivity contribution in [2.24, 2.45) is 7.05 Å². The van der Waals surface area contributed by atoms with Crippen LogP contribution >= 0.6 is 11.6 Å². The molecule has 6 nitrogen and oxygen atoms in total. The van der Waals surface area contributed by atoms with Crippen molar-refractivity contribution < 1.29 is 12.8 Å². The number of sulfonamides is 1. The lowest BCUT2D eigenvalue weighted by atomic mass is 10.2. The van der Waals surface area contributed by atoms with E-state index in [1.165, 1.54) is 0 Å². The van der Waals surface area contributed by atoms with Gasteiger partial charge in [0.1, 0.15) is 5.82 Å². The zero-order valence-corrected chi connectivity index (χ0v) is 14.7. The molecule has 0 spiro atoms. The van der Waals surface area contributed by atoms with Gasteiger partial charge in [0.05, 0.1) is 27.9 Å². The summed E-state index contributed by atoms with van der Waals surface area (Å²) in [5, 5.41) is 4.05. The van der Waals surface area contributed by atoms with Crippen LogP contribution in [0.5, 0.6) is 0 Å². The summed E-state index contributed by atoms with van der Waals surface area (Å²) in [6.45, 7) is -0.00372. The topological polar surface area (TPSA) is 76.9 Å². The smallest absolute Gasteiger partial charge is 0.240 e. The van der Waals surface area contributed by atoms with Crippen molar-refractivity contribution in [1.82, 2.24) is 19.5 Å². The highest BCUT2D eigenvalue weighted by Gasteiger charge is 2.17. The van der Waals surface area contributed by atoms with Crippen molar-refractivity contribution in [3.05, 3.63) is 65.3 Å². The van der Waals surface area contributed by atoms with Gasteiger partial charge in [-0.25, -0.2) is 17.5 Å². The first-order chi connectivity index (χ1) is 11.9. The summed E-state index contributed by atoms with van der Waals surface area (Å²) in [6.07, 6.45) is 3.34. The highest BCUT2D eigenvalue weighted by Crippen LogP contribution is 2.21. The number of aromatic nitrogens is 3. The minimum absolute atomic E-state index is 0.00372. The Balaban J connectivity index is 1.78. The second-order valence-electron chi connectivity index (χ2n) is 5.28. The predicted octanol–water partition coefficient (Wildman–Crippen LogP) is 2.75. The molecule has 3 aromatic rings. The van der Waals surface area contributed by atoms with Crippen LogP contribution in [-0.2, 0) is 23.6 Å². The van der Waals surface area contributed by atoms with E-state index in [1.807, 2.05) is 12.1 Å². The largest absolute Gasteiger partial charge is 0.268 e. The van der Waals surface area contributed by atoms with Crippen molar-refractivity contribution in [2.45, 2.75) is 11.4 Å². The molecule has 25 heavy (non-hydrogen) atoms. The molecule has 3 rings (SSSR count). The van der Waals surface area contributed by atoms with E-state index in [4.69, 9.17) is 11.6 Å². The molecule has 0 aliphatic heterocycles. The van der Waals surface area contributed by atoms with Gasteiger partial charge in [-0.2, -0.15) is 5.10 Å².